The van der Waals surface area contributed by atoms with Crippen molar-refractivity contribution in [2.45, 2.75) is 25.7 Å². The Labute approximate surface area is 84.2 Å². The Morgan fingerprint density at radius 1 is 0.929 bits per heavy atom. The van der Waals surface area contributed by atoms with Gasteiger partial charge in [-0.1, -0.05) is 0 Å². The van der Waals surface area contributed by atoms with Crippen LogP contribution in [0.5, 0.6) is 0 Å². The van der Waals surface area contributed by atoms with Crippen molar-refractivity contribution in [1.82, 2.24) is 5.43 Å². The van der Waals surface area contributed by atoms with E-state index in [1.165, 1.54) is 0 Å². The summed E-state index contributed by atoms with van der Waals surface area (Å²) in [6.45, 7) is 0.191. The van der Waals surface area contributed by atoms with Crippen molar-refractivity contribution in [3.05, 3.63) is 11.3 Å². The van der Waals surface area contributed by atoms with Gasteiger partial charge in [-0.15, -0.1) is 0 Å². The minimum Gasteiger partial charge on any atom is -0.396 e. The first-order chi connectivity index (χ1) is 6.79. The van der Waals surface area contributed by atoms with Crippen LogP contribution in [0.1, 0.15) is 25.7 Å². The van der Waals surface area contributed by atoms with E-state index in [1.807, 2.05) is 0 Å². The van der Waals surface area contributed by atoms with Gasteiger partial charge in [-0.2, -0.15) is 0 Å². The van der Waals surface area contributed by atoms with Crippen molar-refractivity contribution >= 4 is 0 Å². The molecule has 0 fully saturated rings. The zero-order chi connectivity index (χ0) is 10.8. The van der Waals surface area contributed by atoms with Crippen LogP contribution in [0, 0.1) is 0 Å². The van der Waals surface area contributed by atoms with Crippen LogP contribution >= 0.6 is 0 Å². The molecule has 0 spiro atoms. The van der Waals surface area contributed by atoms with Gasteiger partial charge in [0.25, 0.3) is 0 Å². The van der Waals surface area contributed by atoms with Gasteiger partial charge >= 0.3 is 0 Å². The molecule has 0 amide bonds. The molecule has 0 aliphatic carbocycles. The zero-order valence-electron chi connectivity index (χ0n) is 8.37. The molecule has 0 aromatic heterocycles. The Hall–Kier alpha value is -0.620. The third kappa shape index (κ3) is 5.18. The van der Waals surface area contributed by atoms with Crippen LogP contribution in [0.4, 0.5) is 0 Å². The van der Waals surface area contributed by atoms with Crippen LogP contribution in [-0.4, -0.2) is 35.1 Å². The van der Waals surface area contributed by atoms with Gasteiger partial charge in [-0.3, -0.25) is 5.84 Å². The number of hydrogen-bond acceptors (Lipinski definition) is 5. The van der Waals surface area contributed by atoms with E-state index in [2.05, 4.69) is 5.43 Å². The number of hydrogen-bond donors (Lipinski definition) is 5. The largest absolute Gasteiger partial charge is 0.396 e. The van der Waals surface area contributed by atoms with Gasteiger partial charge < -0.3 is 20.7 Å². The van der Waals surface area contributed by atoms with Crippen LogP contribution in [0.3, 0.4) is 0 Å². The highest BCUT2D eigenvalue weighted by molar-refractivity contribution is 5.12. The molecule has 0 aromatic carbocycles. The summed E-state index contributed by atoms with van der Waals surface area (Å²) in [5.41, 5.74) is 4.25. The second-order valence-corrected chi connectivity index (χ2v) is 3.00. The number of hydrazine groups is 1. The van der Waals surface area contributed by atoms with Crippen molar-refractivity contribution in [1.29, 1.82) is 0 Å². The van der Waals surface area contributed by atoms with E-state index >= 15 is 0 Å². The zero-order valence-corrected chi connectivity index (χ0v) is 8.37. The van der Waals surface area contributed by atoms with Gasteiger partial charge in [-0.25, -0.2) is 0 Å². The van der Waals surface area contributed by atoms with Gasteiger partial charge in [-0.05, 0) is 24.8 Å². The topological polar surface area (TPSA) is 98.7 Å². The van der Waals surface area contributed by atoms with Crippen LogP contribution < -0.4 is 11.3 Å². The van der Waals surface area contributed by atoms with Crippen molar-refractivity contribution in [3.63, 3.8) is 0 Å². The monoisotopic (exact) mass is 204 g/mol. The van der Waals surface area contributed by atoms with E-state index in [0.29, 0.717) is 25.7 Å². The fourth-order valence-corrected chi connectivity index (χ4v) is 1.32. The Kier molecular flexibility index (Phi) is 8.56. The smallest absolute Gasteiger partial charge is 0.0486 e. The fraction of sp³-hybridized carbons (Fsp3) is 0.778. The second-order valence-electron chi connectivity index (χ2n) is 3.00. The highest BCUT2D eigenvalue weighted by atomic mass is 16.3. The molecule has 0 heterocycles. The molecule has 0 saturated heterocycles. The van der Waals surface area contributed by atoms with Crippen molar-refractivity contribution in [3.8, 4) is 0 Å². The molecule has 5 nitrogen and oxygen atoms in total. The van der Waals surface area contributed by atoms with E-state index in [9.17, 15) is 0 Å². The van der Waals surface area contributed by atoms with E-state index in [1.54, 1.807) is 0 Å². The summed E-state index contributed by atoms with van der Waals surface area (Å²) in [5, 5.41) is 26.3. The third-order valence-corrected chi connectivity index (χ3v) is 2.01. The standard InChI is InChI=1S/C9H20N2O3/c10-11-9(4-7-14)8(3-6-13)2-1-5-12/h11-14H,1-7,10H2. The number of aliphatic hydroxyl groups is 3. The van der Waals surface area contributed by atoms with Crippen LogP contribution in [-0.2, 0) is 0 Å². The summed E-state index contributed by atoms with van der Waals surface area (Å²) in [6, 6.07) is 0. The summed E-state index contributed by atoms with van der Waals surface area (Å²) in [7, 11) is 0. The molecule has 0 aliphatic rings. The molecule has 0 aromatic rings. The van der Waals surface area contributed by atoms with Crippen molar-refractivity contribution in [2.24, 2.45) is 5.84 Å². The predicted molar refractivity (Wildman–Crippen MR) is 54.1 cm³/mol. The number of rotatable bonds is 8. The first kappa shape index (κ1) is 13.4. The quantitative estimate of drug-likeness (QED) is 0.264. The highest BCUT2D eigenvalue weighted by Crippen LogP contribution is 2.15. The Morgan fingerprint density at radius 3 is 2.00 bits per heavy atom. The van der Waals surface area contributed by atoms with E-state index in [-0.39, 0.29) is 19.8 Å². The molecule has 0 atom stereocenters. The molecule has 0 unspecified atom stereocenters. The average molecular weight is 204 g/mol. The maximum absolute atomic E-state index is 8.82. The van der Waals surface area contributed by atoms with Gasteiger partial charge in [0.1, 0.15) is 0 Å². The maximum atomic E-state index is 8.82. The lowest BCUT2D eigenvalue weighted by Gasteiger charge is -2.13. The summed E-state index contributed by atoms with van der Waals surface area (Å²) in [5.74, 6) is 5.30. The molecule has 0 rings (SSSR count). The number of nitrogens with one attached hydrogen (secondary N) is 1. The third-order valence-electron chi connectivity index (χ3n) is 2.01. The molecular weight excluding hydrogens is 184 g/mol. The van der Waals surface area contributed by atoms with Crippen molar-refractivity contribution < 1.29 is 15.3 Å². The lowest BCUT2D eigenvalue weighted by molar-refractivity contribution is 0.277. The summed E-state index contributed by atoms with van der Waals surface area (Å²) < 4.78 is 0. The minimum atomic E-state index is 0.0214. The summed E-state index contributed by atoms with van der Waals surface area (Å²) in [4.78, 5) is 0. The highest BCUT2D eigenvalue weighted by Gasteiger charge is 2.05. The fourth-order valence-electron chi connectivity index (χ4n) is 1.32. The molecule has 0 saturated carbocycles. The lowest BCUT2D eigenvalue weighted by atomic mass is 10.0. The first-order valence-electron chi connectivity index (χ1n) is 4.80. The summed E-state index contributed by atoms with van der Waals surface area (Å²) >= 11 is 0. The molecule has 6 N–H and O–H groups in total. The van der Waals surface area contributed by atoms with E-state index in [4.69, 9.17) is 21.2 Å². The second kappa shape index (κ2) is 8.96. The van der Waals surface area contributed by atoms with Gasteiger partial charge in [0.05, 0.1) is 0 Å². The summed E-state index contributed by atoms with van der Waals surface area (Å²) in [6.07, 6.45) is 2.32. The minimum absolute atomic E-state index is 0.0214. The van der Waals surface area contributed by atoms with E-state index in [0.717, 1.165) is 11.3 Å². The average Bonchev–Trinajstić information content (AvgIpc) is 2.21. The van der Waals surface area contributed by atoms with Gasteiger partial charge in [0, 0.05) is 31.9 Å². The van der Waals surface area contributed by atoms with E-state index < -0.39 is 0 Å². The Morgan fingerprint density at radius 2 is 1.57 bits per heavy atom. The predicted octanol–water partition coefficient (Wildman–Crippen LogP) is -0.759. The molecule has 0 bridgehead atoms. The number of aliphatic hydroxyl groups excluding tert-OH is 3. The molecule has 84 valence electrons. The SMILES string of the molecule is NNC(CCO)=C(CCO)CCCO. The molecule has 5 heteroatoms. The normalized spacial score (nSPS) is 12.6. The Bertz CT molecular complexity index is 171. The first-order valence-corrected chi connectivity index (χ1v) is 4.80. The van der Waals surface area contributed by atoms with Crippen LogP contribution in [0.15, 0.2) is 11.3 Å². The Balaban J connectivity index is 4.34. The van der Waals surface area contributed by atoms with Gasteiger partial charge in [0.2, 0.25) is 0 Å². The molecule has 0 aliphatic heterocycles. The molecule has 14 heavy (non-hydrogen) atoms. The molecular formula is C9H20N2O3. The van der Waals surface area contributed by atoms with Gasteiger partial charge in [0.15, 0.2) is 0 Å². The van der Waals surface area contributed by atoms with Crippen LogP contribution in [0.25, 0.3) is 0 Å². The van der Waals surface area contributed by atoms with Crippen LogP contribution in [0.2, 0.25) is 0 Å². The van der Waals surface area contributed by atoms with Crippen molar-refractivity contribution in [2.75, 3.05) is 19.8 Å². The number of nitrogens with two attached hydrogens (primary N) is 1. The lowest BCUT2D eigenvalue weighted by Crippen LogP contribution is -2.24. The maximum Gasteiger partial charge on any atom is 0.0486 e. The molecule has 0 radical (unpaired) electrons.